The number of piperazine rings is 1. The average Bonchev–Trinajstić information content (AvgIpc) is 2.80. The topological polar surface area (TPSA) is 87.1 Å². The highest BCUT2D eigenvalue weighted by Crippen LogP contribution is 2.31. The van der Waals surface area contributed by atoms with Crippen LogP contribution in [-0.4, -0.2) is 60.5 Å². The van der Waals surface area contributed by atoms with Gasteiger partial charge < -0.3 is 14.5 Å². The molecule has 0 bridgehead atoms. The number of pyridine rings is 1. The van der Waals surface area contributed by atoms with E-state index in [2.05, 4.69) is 20.1 Å². The van der Waals surface area contributed by atoms with E-state index >= 15 is 0 Å². The summed E-state index contributed by atoms with van der Waals surface area (Å²) in [7, 11) is 0. The molecule has 2 aromatic rings. The largest absolute Gasteiger partial charge is 0.465 e. The zero-order valence-corrected chi connectivity index (χ0v) is 16.9. The van der Waals surface area contributed by atoms with Gasteiger partial charge in [0.25, 0.3) is 0 Å². The number of amides is 1. The van der Waals surface area contributed by atoms with Crippen molar-refractivity contribution >= 4 is 23.7 Å². The molecule has 3 heterocycles. The lowest BCUT2D eigenvalue weighted by atomic mass is 9.91. The first-order valence-corrected chi connectivity index (χ1v) is 10.2. The number of rotatable bonds is 4. The minimum Gasteiger partial charge on any atom is -0.465 e. The zero-order chi connectivity index (χ0) is 20.9. The Morgan fingerprint density at radius 1 is 1.07 bits per heavy atom. The molecule has 8 heteroatoms. The number of nitrogens with zero attached hydrogens (tertiary/aromatic N) is 4. The summed E-state index contributed by atoms with van der Waals surface area (Å²) in [5, 5.41) is 2.83. The molecule has 156 valence electrons. The quantitative estimate of drug-likeness (QED) is 0.612. The molecule has 8 nitrogen and oxygen atoms in total. The Bertz CT molecular complexity index is 911. The Labute approximate surface area is 175 Å². The minimum absolute atomic E-state index is 0.218. The van der Waals surface area contributed by atoms with Gasteiger partial charge in [-0.15, -0.1) is 0 Å². The third-order valence-corrected chi connectivity index (χ3v) is 5.33. The number of hydrogen-bond acceptors (Lipinski definition) is 7. The van der Waals surface area contributed by atoms with E-state index in [1.54, 1.807) is 13.1 Å². The van der Waals surface area contributed by atoms with Gasteiger partial charge in [-0.1, -0.05) is 36.4 Å². The first-order chi connectivity index (χ1) is 14.7. The van der Waals surface area contributed by atoms with Crippen LogP contribution in [0.4, 0.5) is 5.82 Å². The molecule has 4 rings (SSSR count). The van der Waals surface area contributed by atoms with E-state index in [-0.39, 0.29) is 12.5 Å². The van der Waals surface area contributed by atoms with Crippen LogP contribution in [0.1, 0.15) is 18.5 Å². The molecule has 2 aliphatic heterocycles. The van der Waals surface area contributed by atoms with Crippen molar-refractivity contribution in [3.63, 3.8) is 0 Å². The smallest absolute Gasteiger partial charge is 0.321 e. The molecule has 0 aliphatic carbocycles. The van der Waals surface area contributed by atoms with Crippen LogP contribution in [0.5, 0.6) is 0 Å². The van der Waals surface area contributed by atoms with Crippen molar-refractivity contribution in [2.24, 2.45) is 10.9 Å². The van der Waals surface area contributed by atoms with Gasteiger partial charge in [0.15, 0.2) is 5.92 Å². The number of hydrogen-bond donors (Lipinski definition) is 1. The van der Waals surface area contributed by atoms with E-state index in [9.17, 15) is 9.59 Å². The predicted molar refractivity (Wildman–Crippen MR) is 113 cm³/mol. The van der Waals surface area contributed by atoms with Crippen molar-refractivity contribution in [2.75, 3.05) is 37.7 Å². The van der Waals surface area contributed by atoms with E-state index in [1.807, 2.05) is 48.5 Å². The second-order valence-electron chi connectivity index (χ2n) is 7.19. The predicted octanol–water partition coefficient (Wildman–Crippen LogP) is 1.61. The van der Waals surface area contributed by atoms with E-state index in [0.717, 1.165) is 24.5 Å². The first-order valence-electron chi connectivity index (χ1n) is 10.2. The summed E-state index contributed by atoms with van der Waals surface area (Å²) in [4.78, 5) is 38.8. The third kappa shape index (κ3) is 4.12. The number of esters is 1. The minimum atomic E-state index is -0.995. The Kier molecular flexibility index (Phi) is 5.92. The highest BCUT2D eigenvalue weighted by Gasteiger charge is 2.42. The third-order valence-electron chi connectivity index (χ3n) is 5.33. The molecule has 0 spiro atoms. The van der Waals surface area contributed by atoms with Crippen molar-refractivity contribution < 1.29 is 14.3 Å². The van der Waals surface area contributed by atoms with Crippen LogP contribution >= 0.6 is 0 Å². The molecule has 1 N–H and O–H groups in total. The van der Waals surface area contributed by atoms with Crippen molar-refractivity contribution in [1.29, 1.82) is 0 Å². The van der Waals surface area contributed by atoms with Crippen LogP contribution in [0.2, 0.25) is 0 Å². The van der Waals surface area contributed by atoms with Crippen LogP contribution < -0.4 is 10.2 Å². The first kappa shape index (κ1) is 19.9. The van der Waals surface area contributed by atoms with Crippen LogP contribution in [0.3, 0.4) is 0 Å². The normalized spacial score (nSPS) is 21.6. The van der Waals surface area contributed by atoms with Gasteiger partial charge in [0.1, 0.15) is 11.9 Å². The Balaban J connectivity index is 1.55. The molecular weight excluding hydrogens is 382 g/mol. The lowest BCUT2D eigenvalue weighted by Crippen LogP contribution is -2.57. The number of anilines is 1. The second kappa shape index (κ2) is 8.94. The van der Waals surface area contributed by atoms with Crippen LogP contribution in [0, 0.1) is 5.92 Å². The highest BCUT2D eigenvalue weighted by molar-refractivity contribution is 6.08. The van der Waals surface area contributed by atoms with Gasteiger partial charge in [-0.05, 0) is 24.6 Å². The lowest BCUT2D eigenvalue weighted by Gasteiger charge is -2.39. The van der Waals surface area contributed by atoms with E-state index in [4.69, 9.17) is 9.73 Å². The standard InChI is InChI=1S/C22H25N5O3/c1-2-30-21(29)18-19(16-8-4-3-5-9-16)24-22(25-20(18)28)27-14-12-26(13-15-27)17-10-6-7-11-23-17/h3-11,18-19H,2,12-15H2,1H3,(H,24,25,28)/t18-,19-/m0/s1. The SMILES string of the molecule is CCOC(=O)[C@@H]1C(=O)NC(N2CCN(c3ccccn3)CC2)=N[C@H]1c1ccccc1. The summed E-state index contributed by atoms with van der Waals surface area (Å²) in [6.45, 7) is 4.87. The summed E-state index contributed by atoms with van der Waals surface area (Å²) >= 11 is 0. The number of guanidine groups is 1. The van der Waals surface area contributed by atoms with Gasteiger partial charge in [-0.25, -0.2) is 9.98 Å². The number of aliphatic imine (C=N–C) groups is 1. The molecule has 1 amide bonds. The van der Waals surface area contributed by atoms with E-state index in [1.165, 1.54) is 0 Å². The monoisotopic (exact) mass is 407 g/mol. The molecule has 30 heavy (non-hydrogen) atoms. The lowest BCUT2D eigenvalue weighted by molar-refractivity contribution is -0.153. The van der Waals surface area contributed by atoms with Gasteiger partial charge in [-0.3, -0.25) is 14.9 Å². The maximum Gasteiger partial charge on any atom is 0.321 e. The molecular formula is C22H25N5O3. The molecule has 1 fully saturated rings. The Morgan fingerprint density at radius 3 is 2.43 bits per heavy atom. The average molecular weight is 407 g/mol. The molecule has 0 radical (unpaired) electrons. The molecule has 1 aromatic heterocycles. The van der Waals surface area contributed by atoms with E-state index < -0.39 is 17.9 Å². The summed E-state index contributed by atoms with van der Waals surface area (Å²) in [5.41, 5.74) is 0.815. The fraction of sp³-hybridized carbons (Fsp3) is 0.364. The maximum absolute atomic E-state index is 12.9. The van der Waals surface area contributed by atoms with Gasteiger partial charge in [-0.2, -0.15) is 0 Å². The van der Waals surface area contributed by atoms with Gasteiger partial charge >= 0.3 is 5.97 Å². The molecule has 1 saturated heterocycles. The van der Waals surface area contributed by atoms with Gasteiger partial charge in [0.2, 0.25) is 11.9 Å². The van der Waals surface area contributed by atoms with Crippen molar-refractivity contribution in [3.05, 3.63) is 60.3 Å². The fourth-order valence-electron chi connectivity index (χ4n) is 3.80. The zero-order valence-electron chi connectivity index (χ0n) is 16.9. The Hall–Kier alpha value is -3.42. The molecule has 0 unspecified atom stereocenters. The fourth-order valence-corrected chi connectivity index (χ4v) is 3.80. The summed E-state index contributed by atoms with van der Waals surface area (Å²) < 4.78 is 5.15. The number of nitrogens with one attached hydrogen (secondary N) is 1. The number of benzene rings is 1. The number of carbonyl (C=O) groups is 2. The number of ether oxygens (including phenoxy) is 1. The summed E-state index contributed by atoms with van der Waals surface area (Å²) in [6, 6.07) is 14.7. The van der Waals surface area contributed by atoms with Gasteiger partial charge in [0.05, 0.1) is 6.61 Å². The van der Waals surface area contributed by atoms with Gasteiger partial charge in [0, 0.05) is 32.4 Å². The Morgan fingerprint density at radius 2 is 1.77 bits per heavy atom. The van der Waals surface area contributed by atoms with Crippen molar-refractivity contribution in [3.8, 4) is 0 Å². The second-order valence-corrected chi connectivity index (χ2v) is 7.19. The van der Waals surface area contributed by atoms with E-state index in [0.29, 0.717) is 19.0 Å². The molecule has 0 saturated carbocycles. The molecule has 2 atom stereocenters. The molecule has 2 aliphatic rings. The van der Waals surface area contributed by atoms with Crippen LogP contribution in [0.15, 0.2) is 59.7 Å². The highest BCUT2D eigenvalue weighted by atomic mass is 16.5. The van der Waals surface area contributed by atoms with Crippen LogP contribution in [-0.2, 0) is 14.3 Å². The maximum atomic E-state index is 12.9. The summed E-state index contributed by atoms with van der Waals surface area (Å²) in [5.74, 6) is -0.469. The number of carbonyl (C=O) groups excluding carboxylic acids is 2. The van der Waals surface area contributed by atoms with Crippen molar-refractivity contribution in [2.45, 2.75) is 13.0 Å². The molecule has 1 aromatic carbocycles. The van der Waals surface area contributed by atoms with Crippen LogP contribution in [0.25, 0.3) is 0 Å². The summed E-state index contributed by atoms with van der Waals surface area (Å²) in [6.07, 6.45) is 1.78. The van der Waals surface area contributed by atoms with Crippen molar-refractivity contribution in [1.82, 2.24) is 15.2 Å². The number of aromatic nitrogens is 1.